The molecule has 0 saturated carbocycles. The average molecular weight is 588 g/mol. The van der Waals surface area contributed by atoms with Crippen molar-refractivity contribution in [3.8, 4) is 22.3 Å². The predicted octanol–water partition coefficient (Wildman–Crippen LogP) is 12.4. The van der Waals surface area contributed by atoms with Gasteiger partial charge < -0.3 is 4.57 Å². The summed E-state index contributed by atoms with van der Waals surface area (Å²) < 4.78 is 2.52. The number of benzene rings is 7. The van der Waals surface area contributed by atoms with E-state index in [9.17, 15) is 0 Å². The maximum Gasteiger partial charge on any atom is 0.0626 e. The first-order chi connectivity index (χ1) is 22.6. The van der Waals surface area contributed by atoms with Crippen LogP contribution >= 0.6 is 0 Å². The molecule has 0 bridgehead atoms. The summed E-state index contributed by atoms with van der Waals surface area (Å²) in [5.74, 6) is 0. The van der Waals surface area contributed by atoms with Crippen LogP contribution in [0.25, 0.3) is 82.1 Å². The highest BCUT2D eigenvalue weighted by Crippen LogP contribution is 2.54. The summed E-state index contributed by atoms with van der Waals surface area (Å²) in [5, 5.41) is 10.5. The summed E-state index contributed by atoms with van der Waals surface area (Å²) in [5.41, 5.74) is 11.9. The van der Waals surface area contributed by atoms with Gasteiger partial charge in [-0.15, -0.1) is 0 Å². The van der Waals surface area contributed by atoms with Crippen LogP contribution in [0.4, 0.5) is 0 Å². The van der Waals surface area contributed by atoms with Crippen LogP contribution in [0.2, 0.25) is 0 Å². The van der Waals surface area contributed by atoms with E-state index in [0.29, 0.717) is 0 Å². The molecule has 0 aliphatic heterocycles. The Morgan fingerprint density at radius 1 is 0.522 bits per heavy atom. The van der Waals surface area contributed by atoms with Gasteiger partial charge in [-0.05, 0) is 86.0 Å². The van der Waals surface area contributed by atoms with Gasteiger partial charge in [0, 0.05) is 32.7 Å². The molecule has 0 N–H and O–H groups in total. The zero-order valence-corrected chi connectivity index (χ0v) is 26.1. The van der Waals surface area contributed by atoms with Gasteiger partial charge in [0.25, 0.3) is 0 Å². The fourth-order valence-corrected chi connectivity index (χ4v) is 8.86. The monoisotopic (exact) mass is 587 g/mol. The summed E-state index contributed by atoms with van der Waals surface area (Å²) in [4.78, 5) is 0. The highest BCUT2D eigenvalue weighted by Gasteiger charge is 2.37. The maximum atomic E-state index is 2.52. The van der Waals surface area contributed by atoms with E-state index in [4.69, 9.17) is 0 Å². The van der Waals surface area contributed by atoms with Gasteiger partial charge in [-0.1, -0.05) is 135 Å². The van der Waals surface area contributed by atoms with Crippen molar-refractivity contribution in [1.29, 1.82) is 0 Å². The lowest BCUT2D eigenvalue weighted by Crippen LogP contribution is -2.16. The normalized spacial score (nSPS) is 15.2. The molecule has 1 nitrogen and oxygen atoms in total. The Bertz CT molecular complexity index is 2660. The smallest absolute Gasteiger partial charge is 0.0626 e. The lowest BCUT2D eigenvalue weighted by atomic mass is 9.77. The number of hydrogen-bond acceptors (Lipinski definition) is 0. The number of rotatable bonds is 2. The average Bonchev–Trinajstić information content (AvgIpc) is 3.58. The number of para-hydroxylation sites is 1. The van der Waals surface area contributed by atoms with E-state index in [-0.39, 0.29) is 5.41 Å². The van der Waals surface area contributed by atoms with E-state index >= 15 is 0 Å². The summed E-state index contributed by atoms with van der Waals surface area (Å²) in [6, 6.07) is 45.6. The Kier molecular flexibility index (Phi) is 5.24. The summed E-state index contributed by atoms with van der Waals surface area (Å²) in [6.07, 6.45) is 9.20. The molecule has 0 amide bonds. The SMILES string of the molecule is CC1(C)c2ccccc2-c2cccc(-c3cc4c5ccccc5c5c(c6ccccc6n5C5=CCCC=C5)c4c4ccccc34)c21. The molecular formula is C45H33N. The van der Waals surface area contributed by atoms with E-state index in [0.717, 1.165) is 12.8 Å². The lowest BCUT2D eigenvalue weighted by Gasteiger charge is -2.25. The largest absolute Gasteiger partial charge is 0.309 e. The molecule has 7 aromatic carbocycles. The van der Waals surface area contributed by atoms with Gasteiger partial charge in [0.15, 0.2) is 0 Å². The fourth-order valence-electron chi connectivity index (χ4n) is 8.86. The van der Waals surface area contributed by atoms with Crippen molar-refractivity contribution in [3.63, 3.8) is 0 Å². The second-order valence-corrected chi connectivity index (χ2v) is 13.5. The Hall–Kier alpha value is -5.40. The van der Waals surface area contributed by atoms with Gasteiger partial charge in [0.1, 0.15) is 0 Å². The minimum atomic E-state index is -0.0980. The van der Waals surface area contributed by atoms with Crippen LogP contribution in [-0.2, 0) is 5.41 Å². The molecular weight excluding hydrogens is 555 g/mol. The zero-order chi connectivity index (χ0) is 30.6. The van der Waals surface area contributed by atoms with Crippen LogP contribution in [0.5, 0.6) is 0 Å². The molecule has 46 heavy (non-hydrogen) atoms. The van der Waals surface area contributed by atoms with Gasteiger partial charge in [-0.25, -0.2) is 0 Å². The van der Waals surface area contributed by atoms with Gasteiger partial charge in [0.2, 0.25) is 0 Å². The molecule has 10 rings (SSSR count). The van der Waals surface area contributed by atoms with Crippen LogP contribution in [0.1, 0.15) is 37.8 Å². The summed E-state index contributed by atoms with van der Waals surface area (Å²) >= 11 is 0. The summed E-state index contributed by atoms with van der Waals surface area (Å²) in [6.45, 7) is 4.79. The Morgan fingerprint density at radius 3 is 1.98 bits per heavy atom. The third-order valence-electron chi connectivity index (χ3n) is 10.7. The third-order valence-corrected chi connectivity index (χ3v) is 10.7. The fraction of sp³-hybridized carbons (Fsp3) is 0.111. The number of aromatic nitrogens is 1. The Morgan fingerprint density at radius 2 is 1.17 bits per heavy atom. The van der Waals surface area contributed by atoms with E-state index in [2.05, 4.69) is 158 Å². The first-order valence-corrected chi connectivity index (χ1v) is 16.5. The van der Waals surface area contributed by atoms with Crippen molar-refractivity contribution in [2.75, 3.05) is 0 Å². The molecule has 218 valence electrons. The molecule has 0 fully saturated rings. The van der Waals surface area contributed by atoms with Gasteiger partial charge in [0.05, 0.1) is 11.0 Å². The second kappa shape index (κ2) is 9.31. The number of allylic oxidation sites excluding steroid dienone is 4. The van der Waals surface area contributed by atoms with Crippen LogP contribution in [0.3, 0.4) is 0 Å². The van der Waals surface area contributed by atoms with Crippen molar-refractivity contribution in [2.45, 2.75) is 32.1 Å². The van der Waals surface area contributed by atoms with Crippen molar-refractivity contribution in [1.82, 2.24) is 4.57 Å². The van der Waals surface area contributed by atoms with E-state index in [1.165, 1.54) is 93.2 Å². The first kappa shape index (κ1) is 25.9. The molecule has 2 aliphatic carbocycles. The molecule has 8 aromatic rings. The molecule has 2 aliphatic rings. The number of fused-ring (bicyclic) bond motifs is 13. The van der Waals surface area contributed by atoms with Crippen LogP contribution in [0.15, 0.2) is 140 Å². The van der Waals surface area contributed by atoms with Crippen molar-refractivity contribution in [2.24, 2.45) is 0 Å². The zero-order valence-electron chi connectivity index (χ0n) is 26.1. The van der Waals surface area contributed by atoms with E-state index in [1.54, 1.807) is 0 Å². The van der Waals surface area contributed by atoms with Crippen LogP contribution in [0, 0.1) is 0 Å². The number of hydrogen-bond donors (Lipinski definition) is 0. The highest BCUT2D eigenvalue weighted by atomic mass is 15.0. The van der Waals surface area contributed by atoms with Crippen molar-refractivity contribution in [3.05, 3.63) is 151 Å². The van der Waals surface area contributed by atoms with Gasteiger partial charge >= 0.3 is 0 Å². The third kappa shape index (κ3) is 3.30. The Labute approximate surface area is 268 Å². The lowest BCUT2D eigenvalue weighted by molar-refractivity contribution is 0.662. The van der Waals surface area contributed by atoms with Crippen molar-refractivity contribution >= 4 is 59.8 Å². The van der Waals surface area contributed by atoms with Crippen LogP contribution < -0.4 is 0 Å². The van der Waals surface area contributed by atoms with E-state index < -0.39 is 0 Å². The van der Waals surface area contributed by atoms with Crippen LogP contribution in [-0.4, -0.2) is 4.57 Å². The topological polar surface area (TPSA) is 4.93 Å². The predicted molar refractivity (Wildman–Crippen MR) is 198 cm³/mol. The highest BCUT2D eigenvalue weighted by molar-refractivity contribution is 6.38. The molecule has 1 heterocycles. The molecule has 0 saturated heterocycles. The first-order valence-electron chi connectivity index (χ1n) is 16.5. The molecule has 0 spiro atoms. The Balaban J connectivity index is 1.41. The minimum Gasteiger partial charge on any atom is -0.309 e. The molecule has 0 atom stereocenters. The maximum absolute atomic E-state index is 2.52. The van der Waals surface area contributed by atoms with Crippen molar-refractivity contribution < 1.29 is 0 Å². The van der Waals surface area contributed by atoms with Gasteiger partial charge in [-0.3, -0.25) is 0 Å². The second-order valence-electron chi connectivity index (χ2n) is 13.5. The summed E-state index contributed by atoms with van der Waals surface area (Å²) in [7, 11) is 0. The minimum absolute atomic E-state index is 0.0980. The standard InChI is InChI=1S/C45H33N/c1-45(2)39-25-12-10-19-31(39)33-23-14-24-34(43(33)45)37-27-38-30-18-7-9-21-35(30)44-42(41(38)32-20-8-6-17-29(32)37)36-22-11-13-26-40(36)46(44)28-15-4-3-5-16-28/h4,6-27H,3,5H2,1-2H3. The van der Waals surface area contributed by atoms with Gasteiger partial charge in [-0.2, -0.15) is 0 Å². The molecule has 0 radical (unpaired) electrons. The molecule has 0 unspecified atom stereocenters. The van der Waals surface area contributed by atoms with E-state index in [1.807, 2.05) is 0 Å². The molecule has 1 heteroatoms. The molecule has 1 aromatic heterocycles. The quantitative estimate of drug-likeness (QED) is 0.177. The number of nitrogens with zero attached hydrogens (tertiary/aromatic N) is 1.